The fraction of sp³-hybridized carbons (Fsp3) is 0.286. The Kier molecular flexibility index (Phi) is 3.18. The monoisotopic (exact) mass is 291 g/mol. The van der Waals surface area contributed by atoms with Gasteiger partial charge in [-0.15, -0.1) is 0 Å². The Labute approximate surface area is 117 Å². The molecule has 0 heterocycles. The second-order valence-corrected chi connectivity index (χ2v) is 8.17. The van der Waals surface area contributed by atoms with Gasteiger partial charge in [-0.25, -0.2) is 8.42 Å². The maximum atomic E-state index is 12.6. The number of aromatic hydroxyl groups is 1. The first-order valence-corrected chi connectivity index (χ1v) is 7.53. The predicted molar refractivity (Wildman–Crippen MR) is 77.3 cm³/mol. The van der Waals surface area contributed by atoms with E-state index >= 15 is 0 Å². The molecular weight excluding hydrogens is 276 g/mol. The van der Waals surface area contributed by atoms with Crippen molar-refractivity contribution < 1.29 is 13.5 Å². The van der Waals surface area contributed by atoms with Crippen LogP contribution in [0.25, 0.3) is 15.7 Å². The Balaban J connectivity index is 2.90. The molecule has 2 aromatic rings. The van der Waals surface area contributed by atoms with Gasteiger partial charge in [0.05, 0.1) is 9.64 Å². The number of nitrogens with zero attached hydrogens (tertiary/aromatic N) is 2. The summed E-state index contributed by atoms with van der Waals surface area (Å²) in [5, 5.41) is 19.5. The van der Waals surface area contributed by atoms with Crippen LogP contribution >= 0.6 is 0 Å². The first-order chi connectivity index (χ1) is 9.20. The van der Waals surface area contributed by atoms with Crippen LogP contribution in [0.3, 0.4) is 0 Å². The molecule has 0 saturated heterocycles. The summed E-state index contributed by atoms with van der Waals surface area (Å²) < 4.78 is 24.2. The molecule has 0 aliphatic heterocycles. The lowest BCUT2D eigenvalue weighted by Gasteiger charge is -2.20. The molecule has 2 rings (SSSR count). The van der Waals surface area contributed by atoms with E-state index in [9.17, 15) is 13.5 Å². The third kappa shape index (κ3) is 2.00. The van der Waals surface area contributed by atoms with Crippen LogP contribution in [0.4, 0.5) is 5.69 Å². The van der Waals surface area contributed by atoms with Crippen molar-refractivity contribution in [3.05, 3.63) is 35.3 Å². The van der Waals surface area contributed by atoms with Crippen LogP contribution in [0.15, 0.2) is 35.2 Å². The molecule has 104 valence electrons. The number of phenolic OH excluding ortho intramolecular Hbond substituents is 1. The highest BCUT2D eigenvalue weighted by atomic mass is 32.2. The molecule has 0 amide bonds. The van der Waals surface area contributed by atoms with E-state index in [0.29, 0.717) is 10.8 Å². The molecule has 5 nitrogen and oxygen atoms in total. The van der Waals surface area contributed by atoms with Gasteiger partial charge in [-0.2, -0.15) is 0 Å². The molecule has 0 radical (unpaired) electrons. The van der Waals surface area contributed by atoms with Crippen LogP contribution in [0.1, 0.15) is 20.8 Å². The van der Waals surface area contributed by atoms with Crippen LogP contribution in [0.2, 0.25) is 0 Å². The summed E-state index contributed by atoms with van der Waals surface area (Å²) in [5.41, 5.74) is 0.00260. The normalized spacial score (nSPS) is 12.3. The number of diazo groups is 1. The van der Waals surface area contributed by atoms with Gasteiger partial charge < -0.3 is 5.11 Å². The average molecular weight is 291 g/mol. The Hall–Kier alpha value is -2.13. The average Bonchev–Trinajstić information content (AvgIpc) is 2.37. The highest BCUT2D eigenvalue weighted by Gasteiger charge is 2.33. The van der Waals surface area contributed by atoms with Crippen molar-refractivity contribution in [2.75, 3.05) is 0 Å². The summed E-state index contributed by atoms with van der Waals surface area (Å²) in [6.45, 7) is 4.87. The van der Waals surface area contributed by atoms with E-state index in [4.69, 9.17) is 5.39 Å². The Morgan fingerprint density at radius 1 is 1.10 bits per heavy atom. The highest BCUT2D eigenvalue weighted by Crippen LogP contribution is 2.39. The summed E-state index contributed by atoms with van der Waals surface area (Å²) in [4.78, 5) is 3.12. The molecule has 2 aromatic carbocycles. The molecule has 1 N–H and O–H groups in total. The standard InChI is InChI=1S/C14H14N2O3S/c1-14(2,3)20(18,19)12-6-4-5-10-9(12)7-8-11(16-15)13(10)17/h4-8H,1-3H3/p+1. The number of phenols is 1. The minimum absolute atomic E-state index is 0.00260. The summed E-state index contributed by atoms with van der Waals surface area (Å²) in [6, 6.07) is 7.56. The van der Waals surface area contributed by atoms with Crippen molar-refractivity contribution >= 4 is 26.3 Å². The van der Waals surface area contributed by atoms with Gasteiger partial charge in [-0.1, -0.05) is 12.1 Å². The topological polar surface area (TPSA) is 82.5 Å². The van der Waals surface area contributed by atoms with E-state index < -0.39 is 14.6 Å². The zero-order valence-corrected chi connectivity index (χ0v) is 12.3. The molecule has 6 heteroatoms. The summed E-state index contributed by atoms with van der Waals surface area (Å²) in [5.74, 6) is -0.240. The highest BCUT2D eigenvalue weighted by molar-refractivity contribution is 7.93. The first kappa shape index (κ1) is 14.3. The number of hydrogen-bond donors (Lipinski definition) is 1. The molecule has 0 atom stereocenters. The lowest BCUT2D eigenvalue weighted by Crippen LogP contribution is -2.28. The molecule has 0 bridgehead atoms. The molecule has 0 spiro atoms. The molecule has 0 aliphatic carbocycles. The SMILES string of the molecule is CC(C)(C)S(=O)(=O)c1cccc2c(O)c([N+]#N)ccc12. The van der Waals surface area contributed by atoms with Gasteiger partial charge in [0.1, 0.15) is 0 Å². The Bertz CT molecular complexity index is 828. The van der Waals surface area contributed by atoms with Gasteiger partial charge >= 0.3 is 5.69 Å². The van der Waals surface area contributed by atoms with Crippen molar-refractivity contribution in [3.63, 3.8) is 0 Å². The number of hydrogen-bond acceptors (Lipinski definition) is 4. The van der Waals surface area contributed by atoms with Crippen LogP contribution < -0.4 is 0 Å². The second-order valence-electron chi connectivity index (χ2n) is 5.50. The molecule has 0 unspecified atom stereocenters. The molecule has 0 aromatic heterocycles. The van der Waals surface area contributed by atoms with Crippen molar-refractivity contribution in [1.29, 1.82) is 5.39 Å². The minimum Gasteiger partial charge on any atom is -0.501 e. The van der Waals surface area contributed by atoms with Crippen LogP contribution in [0.5, 0.6) is 5.75 Å². The second kappa shape index (κ2) is 4.46. The molecular formula is C14H15N2O3S+. The smallest absolute Gasteiger partial charge is 0.426 e. The number of benzene rings is 2. The largest absolute Gasteiger partial charge is 0.501 e. The third-order valence-electron chi connectivity index (χ3n) is 3.18. The van der Waals surface area contributed by atoms with E-state index in [0.717, 1.165) is 0 Å². The molecule has 0 fully saturated rings. The van der Waals surface area contributed by atoms with E-state index in [2.05, 4.69) is 4.98 Å². The number of fused-ring (bicyclic) bond motifs is 1. The fourth-order valence-electron chi connectivity index (χ4n) is 1.95. The Morgan fingerprint density at radius 3 is 2.30 bits per heavy atom. The summed E-state index contributed by atoms with van der Waals surface area (Å²) in [7, 11) is -3.54. The van der Waals surface area contributed by atoms with Crippen molar-refractivity contribution in [1.82, 2.24) is 0 Å². The summed E-state index contributed by atoms with van der Waals surface area (Å²) in [6.07, 6.45) is 0. The van der Waals surface area contributed by atoms with E-state index in [-0.39, 0.29) is 16.3 Å². The van der Waals surface area contributed by atoms with Crippen LogP contribution in [-0.4, -0.2) is 18.3 Å². The van der Waals surface area contributed by atoms with E-state index in [1.165, 1.54) is 18.2 Å². The maximum Gasteiger partial charge on any atom is 0.426 e. The zero-order valence-electron chi connectivity index (χ0n) is 11.5. The van der Waals surface area contributed by atoms with Gasteiger partial charge in [-0.3, -0.25) is 0 Å². The number of rotatable bonds is 1. The van der Waals surface area contributed by atoms with E-state index in [1.807, 2.05) is 0 Å². The third-order valence-corrected chi connectivity index (χ3v) is 5.72. The van der Waals surface area contributed by atoms with Crippen LogP contribution in [-0.2, 0) is 9.84 Å². The first-order valence-electron chi connectivity index (χ1n) is 6.04. The van der Waals surface area contributed by atoms with E-state index in [1.54, 1.807) is 32.9 Å². The lowest BCUT2D eigenvalue weighted by molar-refractivity contribution is 0.484. The minimum atomic E-state index is -3.54. The number of sulfone groups is 1. The van der Waals surface area contributed by atoms with Crippen molar-refractivity contribution in [2.45, 2.75) is 30.4 Å². The quantitative estimate of drug-likeness (QED) is 0.814. The zero-order chi connectivity index (χ0) is 15.1. The van der Waals surface area contributed by atoms with Gasteiger partial charge in [0.15, 0.2) is 14.8 Å². The van der Waals surface area contributed by atoms with Crippen molar-refractivity contribution in [3.8, 4) is 5.75 Å². The molecule has 20 heavy (non-hydrogen) atoms. The maximum absolute atomic E-state index is 12.6. The van der Waals surface area contributed by atoms with Gasteiger partial charge in [0.2, 0.25) is 11.1 Å². The fourth-order valence-corrected chi connectivity index (χ4v) is 3.33. The molecule has 0 aliphatic rings. The van der Waals surface area contributed by atoms with Crippen LogP contribution in [0, 0.1) is 5.39 Å². The van der Waals surface area contributed by atoms with Gasteiger partial charge in [0, 0.05) is 16.8 Å². The predicted octanol–water partition coefficient (Wildman–Crippen LogP) is 3.60. The summed E-state index contributed by atoms with van der Waals surface area (Å²) >= 11 is 0. The molecule has 0 saturated carbocycles. The Morgan fingerprint density at radius 2 is 1.75 bits per heavy atom. The lowest BCUT2D eigenvalue weighted by atomic mass is 10.1. The van der Waals surface area contributed by atoms with Gasteiger partial charge in [0.25, 0.3) is 0 Å². The van der Waals surface area contributed by atoms with Crippen molar-refractivity contribution in [2.24, 2.45) is 0 Å². The van der Waals surface area contributed by atoms with Gasteiger partial charge in [-0.05, 0) is 32.9 Å².